The molecule has 0 saturated carbocycles. The molecule has 6 nitrogen and oxygen atoms in total. The Bertz CT molecular complexity index is 1310. The van der Waals surface area contributed by atoms with Crippen molar-refractivity contribution in [3.63, 3.8) is 0 Å². The lowest BCUT2D eigenvalue weighted by atomic mass is 10.1. The Morgan fingerprint density at radius 1 is 0.964 bits per heavy atom. The Kier molecular flexibility index (Phi) is 4.02. The number of aromatic amines is 2. The summed E-state index contributed by atoms with van der Waals surface area (Å²) in [6, 6.07) is 18.3. The molecule has 0 unspecified atom stereocenters. The number of H-pyrrole nitrogens is 2. The maximum Gasteiger partial charge on any atom is 0.197 e. The highest BCUT2D eigenvalue weighted by Crippen LogP contribution is 2.32. The van der Waals surface area contributed by atoms with Gasteiger partial charge in [0.25, 0.3) is 0 Å². The van der Waals surface area contributed by atoms with E-state index >= 15 is 0 Å². The van der Waals surface area contributed by atoms with Gasteiger partial charge in [0.1, 0.15) is 11.5 Å². The quantitative estimate of drug-likeness (QED) is 0.412. The molecule has 3 aromatic heterocycles. The van der Waals surface area contributed by atoms with E-state index in [-0.39, 0.29) is 5.78 Å². The number of carbonyl (C=O) groups is 1. The van der Waals surface area contributed by atoms with E-state index in [4.69, 9.17) is 4.42 Å². The summed E-state index contributed by atoms with van der Waals surface area (Å²) in [6.07, 6.45) is 0. The van der Waals surface area contributed by atoms with Gasteiger partial charge < -0.3 is 14.4 Å². The van der Waals surface area contributed by atoms with E-state index in [0.717, 1.165) is 22.4 Å². The van der Waals surface area contributed by atoms with E-state index in [9.17, 15) is 4.79 Å². The Morgan fingerprint density at radius 2 is 1.79 bits per heavy atom. The Morgan fingerprint density at radius 3 is 2.68 bits per heavy atom. The van der Waals surface area contributed by atoms with Crippen LogP contribution in [0.15, 0.2) is 64.2 Å². The van der Waals surface area contributed by atoms with E-state index in [1.807, 2.05) is 24.3 Å². The van der Waals surface area contributed by atoms with Gasteiger partial charge in [0.05, 0.1) is 5.75 Å². The molecule has 0 aliphatic heterocycles. The number of hydrogen-bond donors (Lipinski definition) is 2. The van der Waals surface area contributed by atoms with Gasteiger partial charge >= 0.3 is 0 Å². The highest BCUT2D eigenvalue weighted by Gasteiger charge is 2.13. The molecule has 0 aliphatic carbocycles. The van der Waals surface area contributed by atoms with Crippen LogP contribution in [0.3, 0.4) is 0 Å². The fourth-order valence-corrected chi connectivity index (χ4v) is 3.83. The Balaban J connectivity index is 1.45. The summed E-state index contributed by atoms with van der Waals surface area (Å²) >= 11 is 1.33. The minimum Gasteiger partial charge on any atom is -0.453 e. The van der Waals surface area contributed by atoms with Crippen LogP contribution in [0.1, 0.15) is 6.92 Å². The zero-order valence-electron chi connectivity index (χ0n) is 15.0. The number of Topliss-reactive ketones (excluding diaryl/α,β-unsaturated/α-hetero) is 1. The van der Waals surface area contributed by atoms with Crippen molar-refractivity contribution in [2.45, 2.75) is 12.1 Å². The second-order valence-corrected chi connectivity index (χ2v) is 7.53. The lowest BCUT2D eigenvalue weighted by molar-refractivity contribution is -0.114. The van der Waals surface area contributed by atoms with Crippen LogP contribution >= 0.6 is 11.8 Å². The molecule has 0 radical (unpaired) electrons. The zero-order chi connectivity index (χ0) is 19.1. The standard InChI is InChI=1S/C21H16N4O2S/c1-12(26)11-28-21-23-20(24-25-21)19-9-8-18(27-19)13-6-7-15-14-4-2-3-5-16(14)22-17(15)10-13/h2-10,22H,11H2,1H3,(H,23,24,25). The molecule has 2 aromatic carbocycles. The number of fused-ring (bicyclic) bond motifs is 3. The third kappa shape index (κ3) is 2.99. The van der Waals surface area contributed by atoms with Crippen molar-refractivity contribution in [3.8, 4) is 22.9 Å². The number of para-hydroxylation sites is 1. The predicted molar refractivity (Wildman–Crippen MR) is 110 cm³/mol. The monoisotopic (exact) mass is 388 g/mol. The number of carbonyl (C=O) groups excluding carboxylic acids is 1. The van der Waals surface area contributed by atoms with Crippen molar-refractivity contribution < 1.29 is 9.21 Å². The predicted octanol–water partition coefficient (Wildman–Crippen LogP) is 5.05. The Hall–Kier alpha value is -3.32. The molecule has 0 saturated heterocycles. The third-order valence-corrected chi connectivity index (χ3v) is 5.52. The zero-order valence-corrected chi connectivity index (χ0v) is 15.8. The van der Waals surface area contributed by atoms with Gasteiger partial charge in [0, 0.05) is 27.4 Å². The molecule has 0 fully saturated rings. The number of furan rings is 1. The maximum absolute atomic E-state index is 11.1. The maximum atomic E-state index is 11.1. The van der Waals surface area contributed by atoms with Crippen LogP contribution in [-0.2, 0) is 4.79 Å². The normalized spacial score (nSPS) is 11.5. The largest absolute Gasteiger partial charge is 0.453 e. The van der Waals surface area contributed by atoms with Crippen molar-refractivity contribution in [3.05, 3.63) is 54.6 Å². The van der Waals surface area contributed by atoms with Crippen LogP contribution < -0.4 is 0 Å². The molecule has 28 heavy (non-hydrogen) atoms. The van der Waals surface area contributed by atoms with E-state index in [2.05, 4.69) is 50.5 Å². The van der Waals surface area contributed by atoms with Crippen LogP contribution in [0.4, 0.5) is 0 Å². The van der Waals surface area contributed by atoms with E-state index < -0.39 is 0 Å². The van der Waals surface area contributed by atoms with Crippen LogP contribution in [0.2, 0.25) is 0 Å². The van der Waals surface area contributed by atoms with E-state index in [1.165, 1.54) is 22.5 Å². The summed E-state index contributed by atoms with van der Waals surface area (Å²) in [4.78, 5) is 17.6. The number of hydrogen-bond acceptors (Lipinski definition) is 5. The highest BCUT2D eigenvalue weighted by atomic mass is 32.2. The fraction of sp³-hybridized carbons (Fsp3) is 0.0952. The van der Waals surface area contributed by atoms with Gasteiger partial charge in [0.2, 0.25) is 0 Å². The van der Waals surface area contributed by atoms with Crippen LogP contribution in [0.25, 0.3) is 44.7 Å². The van der Waals surface area contributed by atoms with Gasteiger partial charge in [-0.05, 0) is 31.2 Å². The van der Waals surface area contributed by atoms with Gasteiger partial charge in [-0.15, -0.1) is 10.2 Å². The summed E-state index contributed by atoms with van der Waals surface area (Å²) in [5, 5.41) is 11.2. The molecule has 7 heteroatoms. The topological polar surface area (TPSA) is 87.6 Å². The van der Waals surface area contributed by atoms with Gasteiger partial charge in [-0.25, -0.2) is 0 Å². The minimum atomic E-state index is 0.0932. The number of nitrogens with one attached hydrogen (secondary N) is 2. The summed E-state index contributed by atoms with van der Waals surface area (Å²) in [5.74, 6) is 2.36. The number of aromatic nitrogens is 4. The molecule has 0 bridgehead atoms. The average Bonchev–Trinajstić information content (AvgIpc) is 3.42. The lowest BCUT2D eigenvalue weighted by Crippen LogP contribution is -1.93. The highest BCUT2D eigenvalue weighted by molar-refractivity contribution is 7.99. The van der Waals surface area contributed by atoms with Crippen molar-refractivity contribution >= 4 is 39.4 Å². The number of rotatable bonds is 5. The molecule has 138 valence electrons. The summed E-state index contributed by atoms with van der Waals surface area (Å²) in [5.41, 5.74) is 3.17. The molecule has 0 spiro atoms. The first-order valence-corrected chi connectivity index (χ1v) is 9.82. The first kappa shape index (κ1) is 16.8. The molecule has 5 aromatic rings. The molecule has 0 amide bonds. The minimum absolute atomic E-state index is 0.0932. The molecule has 2 N–H and O–H groups in total. The first-order valence-electron chi connectivity index (χ1n) is 8.83. The summed E-state index contributed by atoms with van der Waals surface area (Å²) in [6.45, 7) is 1.55. The van der Waals surface area contributed by atoms with Crippen LogP contribution in [0.5, 0.6) is 0 Å². The average molecular weight is 388 g/mol. The number of nitrogens with zero attached hydrogens (tertiary/aromatic N) is 2. The van der Waals surface area contributed by atoms with Crippen molar-refractivity contribution in [1.29, 1.82) is 0 Å². The second-order valence-electron chi connectivity index (χ2n) is 6.56. The van der Waals surface area contributed by atoms with Crippen molar-refractivity contribution in [2.24, 2.45) is 0 Å². The molecular formula is C21H16N4O2S. The SMILES string of the molecule is CC(=O)CSc1nnc(-c2ccc(-c3ccc4c(c3)[nH]c3ccccc34)o2)[nH]1. The van der Waals surface area contributed by atoms with Crippen molar-refractivity contribution in [1.82, 2.24) is 20.2 Å². The molecule has 3 heterocycles. The van der Waals surface area contributed by atoms with Crippen molar-refractivity contribution in [2.75, 3.05) is 5.75 Å². The molecule has 0 atom stereocenters. The summed E-state index contributed by atoms with van der Waals surface area (Å²) in [7, 11) is 0. The first-order chi connectivity index (χ1) is 13.7. The number of ketones is 1. The third-order valence-electron chi connectivity index (χ3n) is 4.51. The van der Waals surface area contributed by atoms with E-state index in [0.29, 0.717) is 22.5 Å². The lowest BCUT2D eigenvalue weighted by Gasteiger charge is -1.98. The van der Waals surface area contributed by atoms with Gasteiger partial charge in [-0.2, -0.15) is 0 Å². The number of benzene rings is 2. The smallest absolute Gasteiger partial charge is 0.197 e. The van der Waals surface area contributed by atoms with Gasteiger partial charge in [-0.3, -0.25) is 4.79 Å². The number of thioether (sulfide) groups is 1. The molecular weight excluding hydrogens is 372 g/mol. The molecule has 5 rings (SSSR count). The second kappa shape index (κ2) is 6.69. The van der Waals surface area contributed by atoms with E-state index in [1.54, 1.807) is 6.92 Å². The van der Waals surface area contributed by atoms with Gasteiger partial charge in [0.15, 0.2) is 16.7 Å². The van der Waals surface area contributed by atoms with Crippen LogP contribution in [0, 0.1) is 0 Å². The van der Waals surface area contributed by atoms with Gasteiger partial charge in [-0.1, -0.05) is 42.1 Å². The Labute approximate surface area is 164 Å². The molecule has 0 aliphatic rings. The fourth-order valence-electron chi connectivity index (χ4n) is 3.22. The summed E-state index contributed by atoms with van der Waals surface area (Å²) < 4.78 is 5.99. The van der Waals surface area contributed by atoms with Crippen LogP contribution in [-0.4, -0.2) is 31.7 Å².